The molecule has 0 amide bonds. The highest BCUT2D eigenvalue weighted by atomic mass is 28.4. The molecule has 0 aliphatic carbocycles. The van der Waals surface area contributed by atoms with E-state index in [-0.39, 0.29) is 0 Å². The van der Waals surface area contributed by atoms with Crippen LogP contribution in [0.1, 0.15) is 78.1 Å². The molecule has 0 aromatic heterocycles. The molecule has 0 saturated heterocycles. The van der Waals surface area contributed by atoms with Gasteiger partial charge in [0.2, 0.25) is 8.32 Å². The van der Waals surface area contributed by atoms with Crippen molar-refractivity contribution >= 4 is 22.5 Å². The van der Waals surface area contributed by atoms with E-state index in [9.17, 15) is 0 Å². The summed E-state index contributed by atoms with van der Waals surface area (Å²) in [7, 11) is -2.97. The van der Waals surface area contributed by atoms with Crippen molar-refractivity contribution in [3.05, 3.63) is 0 Å². The minimum Gasteiger partial charge on any atom is -0.535 e. The molecule has 0 aromatic rings. The van der Waals surface area contributed by atoms with Crippen LogP contribution in [-0.4, -0.2) is 22.5 Å². The van der Waals surface area contributed by atoms with E-state index in [1.165, 1.54) is 70.3 Å². The van der Waals surface area contributed by atoms with Crippen LogP contribution in [0.25, 0.3) is 0 Å². The molecule has 0 N–H and O–H groups in total. The van der Waals surface area contributed by atoms with Crippen molar-refractivity contribution in [2.45, 2.75) is 117 Å². The van der Waals surface area contributed by atoms with Crippen LogP contribution in [0.5, 0.6) is 0 Å². The van der Waals surface area contributed by atoms with E-state index in [0.29, 0.717) is 0 Å². The normalized spacial score (nSPS) is 13.4. The van der Waals surface area contributed by atoms with Gasteiger partial charge in [0, 0.05) is 6.92 Å². The highest BCUT2D eigenvalue weighted by Gasteiger charge is 2.25. The summed E-state index contributed by atoms with van der Waals surface area (Å²) in [5, 5.41) is 0. The second kappa shape index (κ2) is 12.3. The number of nitrogens with zero attached hydrogens (tertiary/aromatic N) is 1. The smallest absolute Gasteiger partial charge is 0.246 e. The predicted molar refractivity (Wildman–Crippen MR) is 112 cm³/mol. The van der Waals surface area contributed by atoms with Gasteiger partial charge in [-0.3, -0.25) is 4.66 Å². The van der Waals surface area contributed by atoms with Crippen LogP contribution in [0.2, 0.25) is 38.8 Å². The van der Waals surface area contributed by atoms with E-state index < -0.39 is 16.6 Å². The first-order valence-corrected chi connectivity index (χ1v) is 16.5. The number of hydrogen-bond acceptors (Lipinski definition) is 2. The van der Waals surface area contributed by atoms with Gasteiger partial charge in [-0.1, -0.05) is 71.1 Å². The minimum absolute atomic E-state index is 0.938. The standard InChI is InChI=1S/C19H43NOSi2/c1-8-9-10-11-12-13-14-15-16-17-18-23(6,7)21-19(2)20-22(3,4)5/h8-18H2,1-7H3. The molecule has 0 aliphatic heterocycles. The van der Waals surface area contributed by atoms with E-state index in [1.54, 1.807) is 0 Å². The summed E-state index contributed by atoms with van der Waals surface area (Å²) in [6.07, 6.45) is 14.0. The highest BCUT2D eigenvalue weighted by Crippen LogP contribution is 2.19. The quantitative estimate of drug-likeness (QED) is 0.146. The lowest BCUT2D eigenvalue weighted by Crippen LogP contribution is -2.33. The fourth-order valence-corrected chi connectivity index (χ4v) is 6.11. The van der Waals surface area contributed by atoms with Crippen molar-refractivity contribution in [1.29, 1.82) is 0 Å². The SMILES string of the molecule is CCCCCCCCCCCC[Si](C)(C)OC(C)=N[Si](C)(C)C. The van der Waals surface area contributed by atoms with E-state index in [1.807, 2.05) is 6.92 Å². The number of unbranched alkanes of at least 4 members (excludes halogenated alkanes) is 9. The third kappa shape index (κ3) is 16.5. The largest absolute Gasteiger partial charge is 0.535 e. The van der Waals surface area contributed by atoms with Crippen LogP contribution in [0.15, 0.2) is 4.66 Å². The predicted octanol–water partition coefficient (Wildman–Crippen LogP) is 7.38. The topological polar surface area (TPSA) is 21.6 Å². The van der Waals surface area contributed by atoms with Gasteiger partial charge in [-0.05, 0) is 38.8 Å². The van der Waals surface area contributed by atoms with Crippen molar-refractivity contribution in [2.24, 2.45) is 4.66 Å². The van der Waals surface area contributed by atoms with E-state index in [0.717, 1.165) is 5.90 Å². The summed E-state index contributed by atoms with van der Waals surface area (Å²) < 4.78 is 11.0. The maximum atomic E-state index is 6.22. The molecule has 0 saturated carbocycles. The van der Waals surface area contributed by atoms with Crippen molar-refractivity contribution in [3.8, 4) is 0 Å². The number of hydrogen-bond donors (Lipinski definition) is 0. The molecule has 0 atom stereocenters. The van der Waals surface area contributed by atoms with Gasteiger partial charge >= 0.3 is 0 Å². The maximum Gasteiger partial charge on any atom is 0.246 e. The molecule has 0 unspecified atom stereocenters. The molecule has 2 nitrogen and oxygen atoms in total. The van der Waals surface area contributed by atoms with E-state index in [4.69, 9.17) is 9.08 Å². The molecular weight excluding hydrogens is 314 g/mol. The minimum atomic E-state index is -1.57. The van der Waals surface area contributed by atoms with Gasteiger partial charge in [0.1, 0.15) is 0 Å². The fraction of sp³-hybridized carbons (Fsp3) is 0.947. The Balaban J connectivity index is 3.68. The second-order valence-corrected chi connectivity index (χ2v) is 17.4. The Hall–Kier alpha value is -0.0962. The van der Waals surface area contributed by atoms with Crippen LogP contribution in [0, 0.1) is 0 Å². The summed E-state index contributed by atoms with van der Waals surface area (Å²) >= 11 is 0. The first-order chi connectivity index (χ1) is 10.7. The van der Waals surface area contributed by atoms with Crippen LogP contribution in [-0.2, 0) is 4.43 Å². The molecule has 4 heteroatoms. The Morgan fingerprint density at radius 1 is 0.739 bits per heavy atom. The van der Waals surface area contributed by atoms with Gasteiger partial charge in [0.25, 0.3) is 0 Å². The number of rotatable bonds is 13. The first-order valence-electron chi connectivity index (χ1n) is 9.92. The molecule has 23 heavy (non-hydrogen) atoms. The van der Waals surface area contributed by atoms with Crippen molar-refractivity contribution < 1.29 is 4.43 Å². The van der Waals surface area contributed by atoms with Gasteiger partial charge in [-0.15, -0.1) is 0 Å². The molecule has 138 valence electrons. The van der Waals surface area contributed by atoms with Crippen LogP contribution in [0.3, 0.4) is 0 Å². The Morgan fingerprint density at radius 3 is 1.61 bits per heavy atom. The molecule has 0 radical (unpaired) electrons. The summed E-state index contributed by atoms with van der Waals surface area (Å²) in [4.78, 5) is 0. The van der Waals surface area contributed by atoms with Crippen molar-refractivity contribution in [1.82, 2.24) is 0 Å². The van der Waals surface area contributed by atoms with Crippen molar-refractivity contribution in [3.63, 3.8) is 0 Å². The third-order valence-electron chi connectivity index (χ3n) is 4.05. The summed E-state index contributed by atoms with van der Waals surface area (Å²) in [6, 6.07) is 1.27. The van der Waals surface area contributed by atoms with Gasteiger partial charge < -0.3 is 4.43 Å². The first kappa shape index (κ1) is 22.9. The zero-order valence-corrected chi connectivity index (χ0v) is 19.1. The van der Waals surface area contributed by atoms with Gasteiger partial charge in [0.05, 0.1) is 0 Å². The zero-order valence-electron chi connectivity index (χ0n) is 17.1. The monoisotopic (exact) mass is 357 g/mol. The molecule has 0 aliphatic rings. The van der Waals surface area contributed by atoms with E-state index >= 15 is 0 Å². The van der Waals surface area contributed by atoms with Gasteiger partial charge in [-0.2, -0.15) is 0 Å². The molecule has 0 spiro atoms. The maximum absolute atomic E-state index is 6.22. The summed E-state index contributed by atoms with van der Waals surface area (Å²) in [6.45, 7) is 15.8. The van der Waals surface area contributed by atoms with Crippen LogP contribution < -0.4 is 0 Å². The molecule has 0 fully saturated rings. The average Bonchev–Trinajstić information content (AvgIpc) is 2.37. The molecule has 0 aromatic carbocycles. The van der Waals surface area contributed by atoms with Crippen LogP contribution >= 0.6 is 0 Å². The average molecular weight is 358 g/mol. The lowest BCUT2D eigenvalue weighted by atomic mass is 10.1. The molecule has 0 heterocycles. The van der Waals surface area contributed by atoms with Gasteiger partial charge in [-0.25, -0.2) is 0 Å². The summed E-state index contributed by atoms with van der Waals surface area (Å²) in [5.74, 6) is 0.938. The van der Waals surface area contributed by atoms with E-state index in [2.05, 4.69) is 39.7 Å². The highest BCUT2D eigenvalue weighted by molar-refractivity contribution is 6.76. The van der Waals surface area contributed by atoms with Crippen molar-refractivity contribution in [2.75, 3.05) is 0 Å². The zero-order chi connectivity index (χ0) is 17.8. The molecule has 0 rings (SSSR count). The Labute approximate surface area is 148 Å². The Morgan fingerprint density at radius 2 is 1.17 bits per heavy atom. The third-order valence-corrected chi connectivity index (χ3v) is 7.44. The molecular formula is C19H43NOSi2. The molecule has 0 bridgehead atoms. The van der Waals surface area contributed by atoms with Crippen LogP contribution in [0.4, 0.5) is 0 Å². The Kier molecular flexibility index (Phi) is 12.2. The summed E-state index contributed by atoms with van der Waals surface area (Å²) in [5.41, 5.74) is 0. The fourth-order valence-electron chi connectivity index (χ4n) is 2.98. The van der Waals surface area contributed by atoms with Gasteiger partial charge in [0.15, 0.2) is 14.1 Å². The lowest BCUT2D eigenvalue weighted by molar-refractivity contribution is 0.524. The Bertz CT molecular complexity index is 322. The lowest BCUT2D eigenvalue weighted by Gasteiger charge is -2.25. The second-order valence-electron chi connectivity index (χ2n) is 8.60.